The van der Waals surface area contributed by atoms with Gasteiger partial charge in [0, 0.05) is 23.8 Å². The van der Waals surface area contributed by atoms with Gasteiger partial charge in [0.15, 0.2) is 0 Å². The predicted octanol–water partition coefficient (Wildman–Crippen LogP) is 3.82. The summed E-state index contributed by atoms with van der Waals surface area (Å²) in [6, 6.07) is 15.8. The van der Waals surface area contributed by atoms with Gasteiger partial charge in [-0.2, -0.15) is 4.98 Å². The maximum Gasteiger partial charge on any atom is 0.270 e. The topological polar surface area (TPSA) is 82.1 Å². The molecule has 2 aromatic carbocycles. The summed E-state index contributed by atoms with van der Waals surface area (Å²) in [6.45, 7) is 0. The molecule has 0 fully saturated rings. The van der Waals surface area contributed by atoms with Gasteiger partial charge in [-0.05, 0) is 11.6 Å². The van der Waals surface area contributed by atoms with Crippen molar-refractivity contribution in [2.45, 2.75) is 0 Å². The molecule has 0 aliphatic rings. The summed E-state index contributed by atoms with van der Waals surface area (Å²) in [5.74, 6) is 0.838. The third kappa shape index (κ3) is 3.06. The van der Waals surface area contributed by atoms with Crippen LogP contribution in [0.2, 0.25) is 0 Å². The number of nitrogens with zero attached hydrogens (tertiary/aromatic N) is 3. The zero-order valence-electron chi connectivity index (χ0n) is 11.4. The molecular weight excluding hydrogens is 282 g/mol. The maximum atomic E-state index is 10.7. The van der Waals surface area contributed by atoms with E-state index in [0.717, 1.165) is 5.56 Å². The highest BCUT2D eigenvalue weighted by Crippen LogP contribution is 2.17. The Morgan fingerprint density at radius 3 is 2.64 bits per heavy atom. The van der Waals surface area contributed by atoms with Crippen LogP contribution >= 0.6 is 0 Å². The molecule has 0 saturated carbocycles. The molecule has 0 N–H and O–H groups in total. The first-order chi connectivity index (χ1) is 10.7. The average molecular weight is 293 g/mol. The third-order valence-electron chi connectivity index (χ3n) is 2.97. The van der Waals surface area contributed by atoms with Crippen LogP contribution in [0.1, 0.15) is 11.5 Å². The van der Waals surface area contributed by atoms with Gasteiger partial charge < -0.3 is 4.52 Å². The van der Waals surface area contributed by atoms with E-state index in [2.05, 4.69) is 10.1 Å². The Balaban J connectivity index is 1.80. The van der Waals surface area contributed by atoms with Gasteiger partial charge >= 0.3 is 0 Å². The Morgan fingerprint density at radius 2 is 1.86 bits per heavy atom. The molecule has 0 spiro atoms. The third-order valence-corrected chi connectivity index (χ3v) is 2.97. The van der Waals surface area contributed by atoms with E-state index in [1.807, 2.05) is 30.3 Å². The standard InChI is InChI=1S/C16H11N3O3/c20-19(21)14-8-4-5-12(11-14)9-10-15-17-16(18-22-15)13-6-2-1-3-7-13/h1-11H/b10-9-. The number of nitro groups is 1. The highest BCUT2D eigenvalue weighted by atomic mass is 16.6. The molecule has 1 heterocycles. The Hall–Kier alpha value is -3.28. The number of rotatable bonds is 4. The maximum absolute atomic E-state index is 10.7. The summed E-state index contributed by atoms with van der Waals surface area (Å²) < 4.78 is 5.14. The molecule has 1 aromatic heterocycles. The fraction of sp³-hybridized carbons (Fsp3) is 0. The predicted molar refractivity (Wildman–Crippen MR) is 81.8 cm³/mol. The minimum Gasteiger partial charge on any atom is -0.334 e. The number of non-ortho nitro benzene ring substituents is 1. The molecule has 0 bridgehead atoms. The van der Waals surface area contributed by atoms with Gasteiger partial charge in [-0.1, -0.05) is 47.6 Å². The molecular formula is C16H11N3O3. The number of nitro benzene ring substituents is 1. The molecule has 0 aliphatic heterocycles. The molecule has 0 aliphatic carbocycles. The van der Waals surface area contributed by atoms with Crippen LogP contribution < -0.4 is 0 Å². The van der Waals surface area contributed by atoms with Crippen molar-refractivity contribution in [2.24, 2.45) is 0 Å². The summed E-state index contributed by atoms with van der Waals surface area (Å²) in [4.78, 5) is 14.5. The van der Waals surface area contributed by atoms with E-state index in [0.29, 0.717) is 17.3 Å². The monoisotopic (exact) mass is 293 g/mol. The number of hydrogen-bond donors (Lipinski definition) is 0. The van der Waals surface area contributed by atoms with E-state index in [1.54, 1.807) is 24.3 Å². The summed E-state index contributed by atoms with van der Waals surface area (Å²) in [6.07, 6.45) is 3.31. The first-order valence-electron chi connectivity index (χ1n) is 6.54. The van der Waals surface area contributed by atoms with Gasteiger partial charge in [0.25, 0.3) is 11.6 Å². The van der Waals surface area contributed by atoms with Crippen molar-refractivity contribution in [1.29, 1.82) is 0 Å². The van der Waals surface area contributed by atoms with Crippen molar-refractivity contribution in [2.75, 3.05) is 0 Å². The van der Waals surface area contributed by atoms with Gasteiger partial charge in [0.05, 0.1) is 4.92 Å². The van der Waals surface area contributed by atoms with E-state index >= 15 is 0 Å². The van der Waals surface area contributed by atoms with Gasteiger partial charge in [-0.15, -0.1) is 0 Å². The van der Waals surface area contributed by atoms with Crippen LogP contribution in [0.15, 0.2) is 59.1 Å². The fourth-order valence-electron chi connectivity index (χ4n) is 1.92. The van der Waals surface area contributed by atoms with Crippen LogP contribution in [0.4, 0.5) is 5.69 Å². The first kappa shape index (κ1) is 13.7. The second kappa shape index (κ2) is 6.01. The van der Waals surface area contributed by atoms with Gasteiger partial charge in [0.1, 0.15) is 0 Å². The SMILES string of the molecule is O=[N+]([O-])c1cccc(/C=C\c2nc(-c3ccccc3)no2)c1. The Kier molecular flexibility index (Phi) is 3.74. The average Bonchev–Trinajstić information content (AvgIpc) is 3.03. The smallest absolute Gasteiger partial charge is 0.270 e. The van der Waals surface area contributed by atoms with E-state index in [-0.39, 0.29) is 5.69 Å². The zero-order chi connectivity index (χ0) is 15.4. The van der Waals surface area contributed by atoms with Crippen molar-refractivity contribution in [3.05, 3.63) is 76.2 Å². The summed E-state index contributed by atoms with van der Waals surface area (Å²) in [5, 5.41) is 14.6. The molecule has 6 heteroatoms. The molecule has 0 saturated heterocycles. The van der Waals surface area contributed by atoms with Crippen molar-refractivity contribution in [1.82, 2.24) is 10.1 Å². The molecule has 0 amide bonds. The highest BCUT2D eigenvalue weighted by molar-refractivity contribution is 5.68. The largest absolute Gasteiger partial charge is 0.334 e. The molecule has 3 rings (SSSR count). The number of hydrogen-bond acceptors (Lipinski definition) is 5. The summed E-state index contributed by atoms with van der Waals surface area (Å²) in [7, 11) is 0. The lowest BCUT2D eigenvalue weighted by molar-refractivity contribution is -0.384. The van der Waals surface area contributed by atoms with E-state index < -0.39 is 4.92 Å². The molecule has 22 heavy (non-hydrogen) atoms. The Morgan fingerprint density at radius 1 is 1.05 bits per heavy atom. The van der Waals surface area contributed by atoms with Crippen LogP contribution in [0.3, 0.4) is 0 Å². The van der Waals surface area contributed by atoms with Gasteiger partial charge in [0.2, 0.25) is 5.82 Å². The summed E-state index contributed by atoms with van der Waals surface area (Å²) >= 11 is 0. The molecule has 0 atom stereocenters. The highest BCUT2D eigenvalue weighted by Gasteiger charge is 2.06. The molecule has 6 nitrogen and oxygen atoms in total. The van der Waals surface area contributed by atoms with Crippen LogP contribution in [-0.2, 0) is 0 Å². The molecule has 108 valence electrons. The second-order valence-electron chi connectivity index (χ2n) is 4.51. The summed E-state index contributed by atoms with van der Waals surface area (Å²) in [5.41, 5.74) is 1.59. The Labute approximate surface area is 125 Å². The quantitative estimate of drug-likeness (QED) is 0.539. The lowest BCUT2D eigenvalue weighted by Crippen LogP contribution is -1.87. The normalized spacial score (nSPS) is 10.9. The van der Waals surface area contributed by atoms with E-state index in [1.165, 1.54) is 12.1 Å². The number of aromatic nitrogens is 2. The second-order valence-corrected chi connectivity index (χ2v) is 4.51. The Bertz CT molecular complexity index is 825. The van der Waals surface area contributed by atoms with Crippen LogP contribution in [0.25, 0.3) is 23.5 Å². The minimum atomic E-state index is -0.433. The van der Waals surface area contributed by atoms with Crippen LogP contribution in [0, 0.1) is 10.1 Å². The first-order valence-corrected chi connectivity index (χ1v) is 6.54. The van der Waals surface area contributed by atoms with Gasteiger partial charge in [-0.3, -0.25) is 10.1 Å². The molecule has 3 aromatic rings. The number of benzene rings is 2. The fourth-order valence-corrected chi connectivity index (χ4v) is 1.92. The van der Waals surface area contributed by atoms with Crippen molar-refractivity contribution in [3.8, 4) is 11.4 Å². The van der Waals surface area contributed by atoms with Gasteiger partial charge in [-0.25, -0.2) is 0 Å². The lowest BCUT2D eigenvalue weighted by Gasteiger charge is -1.93. The van der Waals surface area contributed by atoms with Crippen LogP contribution in [0.5, 0.6) is 0 Å². The lowest BCUT2D eigenvalue weighted by atomic mass is 10.2. The van der Waals surface area contributed by atoms with Crippen molar-refractivity contribution < 1.29 is 9.45 Å². The minimum absolute atomic E-state index is 0.0395. The van der Waals surface area contributed by atoms with E-state index in [9.17, 15) is 10.1 Å². The van der Waals surface area contributed by atoms with E-state index in [4.69, 9.17) is 4.52 Å². The zero-order valence-corrected chi connectivity index (χ0v) is 11.4. The molecule has 0 radical (unpaired) electrons. The van der Waals surface area contributed by atoms with Crippen molar-refractivity contribution >= 4 is 17.8 Å². The van der Waals surface area contributed by atoms with Crippen molar-refractivity contribution in [3.63, 3.8) is 0 Å². The van der Waals surface area contributed by atoms with Crippen LogP contribution in [-0.4, -0.2) is 15.1 Å². The molecule has 0 unspecified atom stereocenters.